The molecule has 1 aliphatic rings. The Hall–Kier alpha value is -1.51. The molecule has 1 aliphatic carbocycles. The number of hydrogen-bond donors (Lipinski definition) is 1. The van der Waals surface area contributed by atoms with Gasteiger partial charge < -0.3 is 10.0 Å². The minimum absolute atomic E-state index is 0.105. The molecule has 110 valence electrons. The molecule has 0 aromatic heterocycles. The van der Waals surface area contributed by atoms with Gasteiger partial charge in [-0.15, -0.1) is 0 Å². The van der Waals surface area contributed by atoms with Crippen molar-refractivity contribution in [2.24, 2.45) is 5.92 Å². The molecule has 0 bridgehead atoms. The van der Waals surface area contributed by atoms with E-state index in [0.717, 1.165) is 24.9 Å². The van der Waals surface area contributed by atoms with Crippen LogP contribution in [0.4, 0.5) is 0 Å². The molecular weight excluding hydrogens is 250 g/mol. The van der Waals surface area contributed by atoms with Gasteiger partial charge in [0.05, 0.1) is 0 Å². The number of aromatic hydroxyl groups is 1. The molecule has 1 saturated carbocycles. The van der Waals surface area contributed by atoms with Crippen molar-refractivity contribution in [3.8, 4) is 5.75 Å². The molecule has 1 aromatic rings. The standard InChI is InChI=1S/C17H25NO2/c1-12(2)11-18(15-6-4-5-7-15)17(20)14-8-9-16(19)13(3)10-14/h8-10,12,15,19H,4-7,11H2,1-3H3. The third kappa shape index (κ3) is 3.33. The first kappa shape index (κ1) is 14.9. The van der Waals surface area contributed by atoms with Crippen LogP contribution in [0.25, 0.3) is 0 Å². The second-order valence-corrected chi connectivity index (χ2v) is 6.29. The third-order valence-corrected chi connectivity index (χ3v) is 4.03. The lowest BCUT2D eigenvalue weighted by Gasteiger charge is -2.31. The summed E-state index contributed by atoms with van der Waals surface area (Å²) in [5.74, 6) is 0.823. The average Bonchev–Trinajstić information content (AvgIpc) is 2.92. The van der Waals surface area contributed by atoms with E-state index in [9.17, 15) is 9.90 Å². The predicted octanol–water partition coefficient (Wildman–Crippen LogP) is 3.74. The van der Waals surface area contributed by atoms with Gasteiger partial charge in [0.2, 0.25) is 0 Å². The highest BCUT2D eigenvalue weighted by molar-refractivity contribution is 5.94. The van der Waals surface area contributed by atoms with Crippen LogP contribution < -0.4 is 0 Å². The normalized spacial score (nSPS) is 15.8. The minimum atomic E-state index is 0.105. The molecule has 0 heterocycles. The van der Waals surface area contributed by atoms with E-state index in [0.29, 0.717) is 17.5 Å². The first-order chi connectivity index (χ1) is 9.49. The fourth-order valence-corrected chi connectivity index (χ4v) is 2.96. The molecule has 0 spiro atoms. The molecule has 2 rings (SSSR count). The van der Waals surface area contributed by atoms with E-state index in [-0.39, 0.29) is 11.7 Å². The van der Waals surface area contributed by atoms with Crippen molar-refractivity contribution < 1.29 is 9.90 Å². The van der Waals surface area contributed by atoms with E-state index in [1.807, 2.05) is 11.8 Å². The van der Waals surface area contributed by atoms with E-state index in [4.69, 9.17) is 0 Å². The molecule has 0 radical (unpaired) electrons. The van der Waals surface area contributed by atoms with Gasteiger partial charge in [-0.2, -0.15) is 0 Å². The zero-order valence-electron chi connectivity index (χ0n) is 12.7. The summed E-state index contributed by atoms with van der Waals surface area (Å²) in [6.07, 6.45) is 4.69. The molecule has 0 saturated heterocycles. The van der Waals surface area contributed by atoms with Gasteiger partial charge in [-0.1, -0.05) is 26.7 Å². The summed E-state index contributed by atoms with van der Waals surface area (Å²) in [6, 6.07) is 5.52. The molecule has 1 N–H and O–H groups in total. The van der Waals surface area contributed by atoms with Crippen molar-refractivity contribution >= 4 is 5.91 Å². The minimum Gasteiger partial charge on any atom is -0.508 e. The predicted molar refractivity (Wildman–Crippen MR) is 81.0 cm³/mol. The summed E-state index contributed by atoms with van der Waals surface area (Å²) in [5, 5.41) is 9.60. The molecule has 0 atom stereocenters. The van der Waals surface area contributed by atoms with Crippen LogP contribution in [-0.2, 0) is 0 Å². The molecular formula is C17H25NO2. The van der Waals surface area contributed by atoms with Crippen LogP contribution in [0.15, 0.2) is 18.2 Å². The van der Waals surface area contributed by atoms with Gasteiger partial charge in [-0.3, -0.25) is 4.79 Å². The molecule has 20 heavy (non-hydrogen) atoms. The van der Waals surface area contributed by atoms with Gasteiger partial charge >= 0.3 is 0 Å². The lowest BCUT2D eigenvalue weighted by molar-refractivity contribution is 0.0655. The highest BCUT2D eigenvalue weighted by Gasteiger charge is 2.28. The quantitative estimate of drug-likeness (QED) is 0.909. The average molecular weight is 275 g/mol. The second kappa shape index (κ2) is 6.29. The molecule has 1 aromatic carbocycles. The Kier molecular flexibility index (Phi) is 4.69. The van der Waals surface area contributed by atoms with Crippen molar-refractivity contribution in [3.05, 3.63) is 29.3 Å². The van der Waals surface area contributed by atoms with Crippen molar-refractivity contribution in [1.82, 2.24) is 4.90 Å². The smallest absolute Gasteiger partial charge is 0.254 e. The van der Waals surface area contributed by atoms with Gasteiger partial charge in [-0.25, -0.2) is 0 Å². The number of hydrogen-bond acceptors (Lipinski definition) is 2. The first-order valence-corrected chi connectivity index (χ1v) is 7.59. The Labute approximate surface area is 121 Å². The van der Waals surface area contributed by atoms with E-state index in [2.05, 4.69) is 13.8 Å². The SMILES string of the molecule is Cc1cc(C(=O)N(CC(C)C)C2CCCC2)ccc1O. The van der Waals surface area contributed by atoms with Crippen molar-refractivity contribution in [2.45, 2.75) is 52.5 Å². The van der Waals surface area contributed by atoms with Gasteiger partial charge in [0.1, 0.15) is 5.75 Å². The highest BCUT2D eigenvalue weighted by atomic mass is 16.3. The Bertz CT molecular complexity index is 476. The molecule has 1 fully saturated rings. The van der Waals surface area contributed by atoms with Crippen molar-refractivity contribution in [3.63, 3.8) is 0 Å². The summed E-state index contributed by atoms with van der Waals surface area (Å²) < 4.78 is 0. The molecule has 3 heteroatoms. The number of carbonyl (C=O) groups is 1. The monoisotopic (exact) mass is 275 g/mol. The number of phenols is 1. The molecule has 0 aliphatic heterocycles. The van der Waals surface area contributed by atoms with Gasteiger partial charge in [-0.05, 0) is 49.4 Å². The van der Waals surface area contributed by atoms with Crippen LogP contribution in [0.3, 0.4) is 0 Å². The van der Waals surface area contributed by atoms with Gasteiger partial charge in [0.15, 0.2) is 0 Å². The highest BCUT2D eigenvalue weighted by Crippen LogP contribution is 2.26. The molecule has 3 nitrogen and oxygen atoms in total. The number of phenolic OH excluding ortho intramolecular Hbond substituents is 1. The first-order valence-electron chi connectivity index (χ1n) is 7.59. The zero-order valence-corrected chi connectivity index (χ0v) is 12.7. The Morgan fingerprint density at radius 2 is 2.00 bits per heavy atom. The summed E-state index contributed by atoms with van der Waals surface area (Å²) in [4.78, 5) is 14.8. The van der Waals surface area contributed by atoms with Crippen LogP contribution in [0.5, 0.6) is 5.75 Å². The van der Waals surface area contributed by atoms with Crippen LogP contribution in [0.1, 0.15) is 55.5 Å². The zero-order chi connectivity index (χ0) is 14.7. The second-order valence-electron chi connectivity index (χ2n) is 6.29. The number of benzene rings is 1. The number of nitrogens with zero attached hydrogens (tertiary/aromatic N) is 1. The van der Waals surface area contributed by atoms with E-state index in [1.165, 1.54) is 12.8 Å². The van der Waals surface area contributed by atoms with E-state index in [1.54, 1.807) is 18.2 Å². The fourth-order valence-electron chi connectivity index (χ4n) is 2.96. The van der Waals surface area contributed by atoms with Crippen LogP contribution >= 0.6 is 0 Å². The lowest BCUT2D eigenvalue weighted by atomic mass is 10.1. The number of rotatable bonds is 4. The van der Waals surface area contributed by atoms with E-state index < -0.39 is 0 Å². The Balaban J connectivity index is 2.22. The van der Waals surface area contributed by atoms with Crippen LogP contribution in [-0.4, -0.2) is 28.5 Å². The van der Waals surface area contributed by atoms with Crippen molar-refractivity contribution in [1.29, 1.82) is 0 Å². The topological polar surface area (TPSA) is 40.5 Å². The summed E-state index contributed by atoms with van der Waals surface area (Å²) in [6.45, 7) is 6.94. The Morgan fingerprint density at radius 3 is 2.55 bits per heavy atom. The number of amides is 1. The summed E-state index contributed by atoms with van der Waals surface area (Å²) in [7, 11) is 0. The van der Waals surface area contributed by atoms with Gasteiger partial charge in [0, 0.05) is 18.2 Å². The maximum Gasteiger partial charge on any atom is 0.254 e. The Morgan fingerprint density at radius 1 is 1.35 bits per heavy atom. The van der Waals surface area contributed by atoms with Gasteiger partial charge in [0.25, 0.3) is 5.91 Å². The number of aryl methyl sites for hydroxylation is 1. The maximum atomic E-state index is 12.8. The third-order valence-electron chi connectivity index (χ3n) is 4.03. The molecule has 1 amide bonds. The van der Waals surface area contributed by atoms with E-state index >= 15 is 0 Å². The summed E-state index contributed by atoms with van der Waals surface area (Å²) in [5.41, 5.74) is 1.44. The number of carbonyl (C=O) groups excluding carboxylic acids is 1. The van der Waals surface area contributed by atoms with Crippen molar-refractivity contribution in [2.75, 3.05) is 6.54 Å². The largest absolute Gasteiger partial charge is 0.508 e. The summed E-state index contributed by atoms with van der Waals surface area (Å²) >= 11 is 0. The van der Waals surface area contributed by atoms with Crippen LogP contribution in [0.2, 0.25) is 0 Å². The fraction of sp³-hybridized carbons (Fsp3) is 0.588. The maximum absolute atomic E-state index is 12.8. The van der Waals surface area contributed by atoms with Crippen LogP contribution in [0, 0.1) is 12.8 Å². The molecule has 0 unspecified atom stereocenters. The lowest BCUT2D eigenvalue weighted by Crippen LogP contribution is -2.41.